The molecule has 0 aliphatic carbocycles. The molecular weight excluding hydrogens is 378 g/mol. The molecule has 0 aliphatic rings. The molecule has 1 unspecified atom stereocenters. The van der Waals surface area contributed by atoms with E-state index >= 15 is 0 Å². The highest BCUT2D eigenvalue weighted by atomic mass is 32.2. The Labute approximate surface area is 169 Å². The van der Waals surface area contributed by atoms with Crippen molar-refractivity contribution < 1.29 is 14.1 Å². The fourth-order valence-electron chi connectivity index (χ4n) is 2.64. The van der Waals surface area contributed by atoms with Gasteiger partial charge in [0.1, 0.15) is 5.76 Å². The number of furan rings is 1. The van der Waals surface area contributed by atoms with E-state index in [-0.39, 0.29) is 23.2 Å². The first-order chi connectivity index (χ1) is 13.3. The van der Waals surface area contributed by atoms with Gasteiger partial charge in [-0.3, -0.25) is 19.8 Å². The zero-order valence-corrected chi connectivity index (χ0v) is 17.5. The zero-order chi connectivity index (χ0) is 20.7. The Kier molecular flexibility index (Phi) is 8.07. The number of nitrogens with one attached hydrogen (secondary N) is 1. The van der Waals surface area contributed by atoms with Gasteiger partial charge in [-0.15, -0.1) is 11.8 Å². The minimum absolute atomic E-state index is 0.0309. The number of nitro benzene ring substituents is 1. The summed E-state index contributed by atoms with van der Waals surface area (Å²) in [4.78, 5) is 26.1. The number of carbonyl (C=O) groups excluding carboxylic acids is 1. The molecule has 0 saturated carbocycles. The van der Waals surface area contributed by atoms with E-state index in [2.05, 4.69) is 19.2 Å². The predicted octanol–water partition coefficient (Wildman–Crippen LogP) is 4.36. The first kappa shape index (κ1) is 22.0. The molecule has 0 radical (unpaired) electrons. The van der Waals surface area contributed by atoms with Gasteiger partial charge in [0.05, 0.1) is 22.1 Å². The number of carbonyl (C=O) groups is 1. The average molecular weight is 406 g/mol. The van der Waals surface area contributed by atoms with E-state index < -0.39 is 4.92 Å². The van der Waals surface area contributed by atoms with Crippen LogP contribution in [-0.4, -0.2) is 42.1 Å². The summed E-state index contributed by atoms with van der Waals surface area (Å²) in [6.07, 6.45) is 2.56. The van der Waals surface area contributed by atoms with Gasteiger partial charge >= 0.3 is 0 Å². The Bertz CT molecular complexity index is 791. The van der Waals surface area contributed by atoms with E-state index in [1.54, 1.807) is 24.5 Å². The number of likely N-dealkylation sites (N-methyl/N-ethyl adjacent to an activating group) is 1. The lowest BCUT2D eigenvalue weighted by atomic mass is 10.1. The second-order valence-corrected chi connectivity index (χ2v) is 8.31. The average Bonchev–Trinajstić information content (AvgIpc) is 3.15. The first-order valence-corrected chi connectivity index (χ1v) is 10.2. The van der Waals surface area contributed by atoms with E-state index in [4.69, 9.17) is 4.42 Å². The minimum atomic E-state index is -0.431. The number of amides is 1. The zero-order valence-electron chi connectivity index (χ0n) is 16.7. The molecule has 8 heteroatoms. The minimum Gasteiger partial charge on any atom is -0.468 e. The number of hydrogen-bond donors (Lipinski definition) is 1. The molecule has 0 aliphatic heterocycles. The van der Waals surface area contributed by atoms with Crippen LogP contribution in [0.5, 0.6) is 0 Å². The fourth-order valence-corrected chi connectivity index (χ4v) is 3.89. The standard InChI is InChI=1S/C20H27N3O4S/c1-14(2)9-11-28-19-8-7-15(12-16(19)23(25)26)20(24)21-13-17(22(3)4)18-6-5-10-27-18/h5-8,10,12,14,17H,9,11,13H2,1-4H3,(H,21,24). The maximum atomic E-state index is 12.5. The molecule has 28 heavy (non-hydrogen) atoms. The second-order valence-electron chi connectivity index (χ2n) is 7.18. The Hall–Kier alpha value is -2.32. The highest BCUT2D eigenvalue weighted by molar-refractivity contribution is 7.99. The predicted molar refractivity (Wildman–Crippen MR) is 111 cm³/mol. The molecule has 1 atom stereocenters. The van der Waals surface area contributed by atoms with Crippen LogP contribution in [0.2, 0.25) is 0 Å². The van der Waals surface area contributed by atoms with Crippen LogP contribution in [0.1, 0.15) is 42.4 Å². The van der Waals surface area contributed by atoms with Gasteiger partial charge < -0.3 is 9.73 Å². The lowest BCUT2D eigenvalue weighted by Crippen LogP contribution is -2.34. The van der Waals surface area contributed by atoms with E-state index in [1.807, 2.05) is 25.1 Å². The summed E-state index contributed by atoms with van der Waals surface area (Å²) in [5.41, 5.74) is 0.244. The van der Waals surface area contributed by atoms with Crippen LogP contribution >= 0.6 is 11.8 Å². The molecule has 1 N–H and O–H groups in total. The quantitative estimate of drug-likeness (QED) is 0.359. The van der Waals surface area contributed by atoms with Gasteiger partial charge in [0, 0.05) is 18.2 Å². The van der Waals surface area contributed by atoms with Crippen molar-refractivity contribution in [3.8, 4) is 0 Å². The van der Waals surface area contributed by atoms with E-state index in [0.717, 1.165) is 17.9 Å². The monoisotopic (exact) mass is 405 g/mol. The molecule has 1 heterocycles. The molecular formula is C20H27N3O4S. The van der Waals surface area contributed by atoms with Crippen molar-refractivity contribution in [3.05, 3.63) is 58.0 Å². The normalized spacial score (nSPS) is 12.4. The van der Waals surface area contributed by atoms with E-state index in [1.165, 1.54) is 17.8 Å². The summed E-state index contributed by atoms with van der Waals surface area (Å²) >= 11 is 1.45. The molecule has 0 saturated heterocycles. The summed E-state index contributed by atoms with van der Waals surface area (Å²) < 4.78 is 5.43. The summed E-state index contributed by atoms with van der Waals surface area (Å²) in [5, 5.41) is 14.3. The third-order valence-electron chi connectivity index (χ3n) is 4.32. The van der Waals surface area contributed by atoms with Crippen LogP contribution in [0.4, 0.5) is 5.69 Å². The summed E-state index contributed by atoms with van der Waals surface area (Å²) in [6.45, 7) is 4.57. The van der Waals surface area contributed by atoms with Crippen molar-refractivity contribution in [3.63, 3.8) is 0 Å². The summed E-state index contributed by atoms with van der Waals surface area (Å²) in [7, 11) is 3.79. The lowest BCUT2D eigenvalue weighted by molar-refractivity contribution is -0.387. The van der Waals surface area contributed by atoms with Crippen LogP contribution < -0.4 is 5.32 Å². The Morgan fingerprint density at radius 1 is 1.32 bits per heavy atom. The second kappa shape index (κ2) is 10.3. The third-order valence-corrected chi connectivity index (χ3v) is 5.42. The highest BCUT2D eigenvalue weighted by Gasteiger charge is 2.21. The smallest absolute Gasteiger partial charge is 0.283 e. The Morgan fingerprint density at radius 3 is 2.64 bits per heavy atom. The third kappa shape index (κ3) is 6.10. The van der Waals surface area contributed by atoms with Crippen molar-refractivity contribution in [2.24, 2.45) is 5.92 Å². The molecule has 2 aromatic rings. The summed E-state index contributed by atoms with van der Waals surface area (Å²) in [5.74, 6) is 1.74. The van der Waals surface area contributed by atoms with Gasteiger partial charge in [-0.05, 0) is 56.5 Å². The number of benzene rings is 1. The van der Waals surface area contributed by atoms with Gasteiger partial charge in [-0.1, -0.05) is 13.8 Å². The lowest BCUT2D eigenvalue weighted by Gasteiger charge is -2.22. The fraction of sp³-hybridized carbons (Fsp3) is 0.450. The number of nitrogens with zero attached hydrogens (tertiary/aromatic N) is 2. The number of hydrogen-bond acceptors (Lipinski definition) is 6. The molecule has 0 spiro atoms. The SMILES string of the molecule is CC(C)CCSc1ccc(C(=O)NCC(c2ccco2)N(C)C)cc1[N+](=O)[O-]. The molecule has 7 nitrogen and oxygen atoms in total. The van der Waals surface area contributed by atoms with E-state index in [9.17, 15) is 14.9 Å². The van der Waals surface area contributed by atoms with Gasteiger partial charge in [0.2, 0.25) is 0 Å². The van der Waals surface area contributed by atoms with Crippen molar-refractivity contribution in [1.29, 1.82) is 0 Å². The molecule has 2 rings (SSSR count). The number of nitro groups is 1. The van der Waals surface area contributed by atoms with Crippen LogP contribution in [-0.2, 0) is 0 Å². The molecule has 1 aromatic heterocycles. The topological polar surface area (TPSA) is 88.6 Å². The van der Waals surface area contributed by atoms with Gasteiger partial charge in [-0.2, -0.15) is 0 Å². The van der Waals surface area contributed by atoms with E-state index in [0.29, 0.717) is 17.4 Å². The van der Waals surface area contributed by atoms with Crippen molar-refractivity contribution in [2.45, 2.75) is 31.2 Å². The maximum Gasteiger partial charge on any atom is 0.283 e. The maximum absolute atomic E-state index is 12.5. The largest absolute Gasteiger partial charge is 0.468 e. The Morgan fingerprint density at radius 2 is 2.07 bits per heavy atom. The number of rotatable bonds is 10. The van der Waals surface area contributed by atoms with Crippen molar-refractivity contribution in [1.82, 2.24) is 10.2 Å². The van der Waals surface area contributed by atoms with Gasteiger partial charge in [-0.25, -0.2) is 0 Å². The molecule has 0 bridgehead atoms. The molecule has 1 amide bonds. The van der Waals surface area contributed by atoms with Crippen LogP contribution in [0.3, 0.4) is 0 Å². The Balaban J connectivity index is 2.08. The molecule has 152 valence electrons. The molecule has 0 fully saturated rings. The first-order valence-electron chi connectivity index (χ1n) is 9.18. The van der Waals surface area contributed by atoms with Gasteiger partial charge in [0.25, 0.3) is 11.6 Å². The van der Waals surface area contributed by atoms with Crippen molar-refractivity contribution >= 4 is 23.4 Å². The summed E-state index contributed by atoms with van der Waals surface area (Å²) in [6, 6.07) is 8.17. The van der Waals surface area contributed by atoms with Gasteiger partial charge in [0.15, 0.2) is 0 Å². The van der Waals surface area contributed by atoms with Crippen LogP contribution in [0.25, 0.3) is 0 Å². The van der Waals surface area contributed by atoms with Crippen molar-refractivity contribution in [2.75, 3.05) is 26.4 Å². The van der Waals surface area contributed by atoms with Crippen LogP contribution in [0.15, 0.2) is 45.9 Å². The molecule has 1 aromatic carbocycles. The highest BCUT2D eigenvalue weighted by Crippen LogP contribution is 2.31. The number of thioether (sulfide) groups is 1. The van der Waals surface area contributed by atoms with Crippen LogP contribution in [0, 0.1) is 16.0 Å².